The van der Waals surface area contributed by atoms with E-state index in [1.165, 1.54) is 4.31 Å². The van der Waals surface area contributed by atoms with Crippen molar-refractivity contribution in [3.8, 4) is 0 Å². The van der Waals surface area contributed by atoms with Gasteiger partial charge in [0.1, 0.15) is 0 Å². The normalized spacial score (nSPS) is 18.4. The summed E-state index contributed by atoms with van der Waals surface area (Å²) in [6.45, 7) is 0.486. The van der Waals surface area contributed by atoms with Gasteiger partial charge in [-0.25, -0.2) is 8.42 Å². The molecule has 1 amide bonds. The molecule has 98 valence electrons. The number of anilines is 1. The highest BCUT2D eigenvalue weighted by Gasteiger charge is 2.26. The number of hydrogen-bond donors (Lipinski definition) is 1. The molecule has 1 aromatic rings. The summed E-state index contributed by atoms with van der Waals surface area (Å²) in [6.07, 6.45) is 1.55. The highest BCUT2D eigenvalue weighted by Crippen LogP contribution is 2.24. The fourth-order valence-electron chi connectivity index (χ4n) is 2.03. The van der Waals surface area contributed by atoms with Crippen LogP contribution in [0.5, 0.6) is 0 Å². The van der Waals surface area contributed by atoms with Gasteiger partial charge in [0.25, 0.3) is 5.91 Å². The van der Waals surface area contributed by atoms with Crippen molar-refractivity contribution >= 4 is 21.6 Å². The molecule has 0 bridgehead atoms. The fourth-order valence-corrected chi connectivity index (χ4v) is 3.66. The molecular weight excluding hydrogens is 252 g/mol. The van der Waals surface area contributed by atoms with E-state index in [2.05, 4.69) is 5.32 Å². The van der Waals surface area contributed by atoms with Gasteiger partial charge in [0.15, 0.2) is 0 Å². The van der Waals surface area contributed by atoms with Crippen molar-refractivity contribution in [1.82, 2.24) is 5.32 Å². The minimum atomic E-state index is -3.22. The topological polar surface area (TPSA) is 66.5 Å². The van der Waals surface area contributed by atoms with E-state index in [9.17, 15) is 13.2 Å². The zero-order valence-electron chi connectivity index (χ0n) is 10.2. The predicted molar refractivity (Wildman–Crippen MR) is 70.2 cm³/mol. The van der Waals surface area contributed by atoms with Crippen LogP contribution in [0.25, 0.3) is 0 Å². The van der Waals surface area contributed by atoms with Crippen LogP contribution in [0, 0.1) is 0 Å². The van der Waals surface area contributed by atoms with E-state index < -0.39 is 10.0 Å². The van der Waals surface area contributed by atoms with Gasteiger partial charge in [0.05, 0.1) is 11.4 Å². The molecule has 1 N–H and O–H groups in total. The molecule has 1 heterocycles. The second kappa shape index (κ2) is 4.97. The van der Waals surface area contributed by atoms with Gasteiger partial charge in [-0.1, -0.05) is 6.07 Å². The lowest BCUT2D eigenvalue weighted by molar-refractivity contribution is 0.0963. The Morgan fingerprint density at radius 3 is 2.78 bits per heavy atom. The molecule has 0 aromatic heterocycles. The van der Waals surface area contributed by atoms with Crippen molar-refractivity contribution in [3.63, 3.8) is 0 Å². The highest BCUT2D eigenvalue weighted by molar-refractivity contribution is 7.92. The van der Waals surface area contributed by atoms with Gasteiger partial charge in [0, 0.05) is 19.2 Å². The Kier molecular flexibility index (Phi) is 3.56. The molecule has 0 aliphatic carbocycles. The minimum absolute atomic E-state index is 0.178. The predicted octanol–water partition coefficient (Wildman–Crippen LogP) is 0.976. The van der Waals surface area contributed by atoms with Crippen LogP contribution in [0.4, 0.5) is 5.69 Å². The van der Waals surface area contributed by atoms with E-state index >= 15 is 0 Å². The van der Waals surface area contributed by atoms with Gasteiger partial charge in [0.2, 0.25) is 10.0 Å². The van der Waals surface area contributed by atoms with Crippen molar-refractivity contribution in [2.24, 2.45) is 0 Å². The molecule has 1 aliphatic heterocycles. The largest absolute Gasteiger partial charge is 0.355 e. The molecule has 0 spiro atoms. The van der Waals surface area contributed by atoms with Crippen LogP contribution in [0.2, 0.25) is 0 Å². The third kappa shape index (κ3) is 2.48. The Morgan fingerprint density at radius 1 is 1.33 bits per heavy atom. The Hall–Kier alpha value is -1.56. The Labute approximate surface area is 107 Å². The van der Waals surface area contributed by atoms with Crippen LogP contribution < -0.4 is 9.62 Å². The van der Waals surface area contributed by atoms with Crippen LogP contribution in [0.1, 0.15) is 23.2 Å². The highest BCUT2D eigenvalue weighted by atomic mass is 32.2. The van der Waals surface area contributed by atoms with Crippen molar-refractivity contribution in [2.75, 3.05) is 23.7 Å². The van der Waals surface area contributed by atoms with E-state index in [-0.39, 0.29) is 11.7 Å². The average Bonchev–Trinajstić information content (AvgIpc) is 2.37. The van der Waals surface area contributed by atoms with Crippen LogP contribution in [-0.4, -0.2) is 33.7 Å². The zero-order chi connectivity index (χ0) is 13.2. The Bertz CT molecular complexity index is 554. The quantitative estimate of drug-likeness (QED) is 0.869. The summed E-state index contributed by atoms with van der Waals surface area (Å²) < 4.78 is 25.3. The maximum absolute atomic E-state index is 12.0. The van der Waals surface area contributed by atoms with Gasteiger partial charge in [-0.3, -0.25) is 9.10 Å². The SMILES string of the molecule is CNC(=O)c1cccc(N2CCCCS2(=O)=O)c1. The zero-order valence-corrected chi connectivity index (χ0v) is 11.0. The summed E-state index contributed by atoms with van der Waals surface area (Å²) in [5.41, 5.74) is 1.03. The van der Waals surface area contributed by atoms with Crippen LogP contribution in [-0.2, 0) is 10.0 Å². The summed E-state index contributed by atoms with van der Waals surface area (Å²) >= 11 is 0. The van der Waals surface area contributed by atoms with Gasteiger partial charge >= 0.3 is 0 Å². The van der Waals surface area contributed by atoms with E-state index in [1.807, 2.05) is 0 Å². The number of rotatable bonds is 2. The number of nitrogens with zero attached hydrogens (tertiary/aromatic N) is 1. The molecule has 5 nitrogen and oxygen atoms in total. The van der Waals surface area contributed by atoms with Gasteiger partial charge in [-0.05, 0) is 31.0 Å². The molecule has 0 radical (unpaired) electrons. The molecular formula is C12H16N2O3S. The van der Waals surface area contributed by atoms with Crippen molar-refractivity contribution in [2.45, 2.75) is 12.8 Å². The van der Waals surface area contributed by atoms with E-state index in [0.717, 1.165) is 6.42 Å². The number of carbonyl (C=O) groups is 1. The third-order valence-electron chi connectivity index (χ3n) is 2.97. The molecule has 18 heavy (non-hydrogen) atoms. The number of nitrogens with one attached hydrogen (secondary N) is 1. The molecule has 2 rings (SSSR count). The number of amides is 1. The van der Waals surface area contributed by atoms with E-state index in [1.54, 1.807) is 31.3 Å². The standard InChI is InChI=1S/C12H16N2O3S/c1-13-12(15)10-5-4-6-11(9-10)14-7-2-3-8-18(14,16)17/h4-6,9H,2-3,7-8H2,1H3,(H,13,15). The molecule has 1 fully saturated rings. The van der Waals surface area contributed by atoms with E-state index in [4.69, 9.17) is 0 Å². The second-order valence-electron chi connectivity index (χ2n) is 4.22. The van der Waals surface area contributed by atoms with Crippen molar-refractivity contribution in [1.29, 1.82) is 0 Å². The lowest BCUT2D eigenvalue weighted by Crippen LogP contribution is -2.38. The molecule has 0 saturated carbocycles. The van der Waals surface area contributed by atoms with Crippen LogP contribution >= 0.6 is 0 Å². The first-order valence-corrected chi connectivity index (χ1v) is 7.48. The van der Waals surface area contributed by atoms with E-state index in [0.29, 0.717) is 24.2 Å². The van der Waals surface area contributed by atoms with Gasteiger partial charge < -0.3 is 5.32 Å². The van der Waals surface area contributed by atoms with Gasteiger partial charge in [-0.15, -0.1) is 0 Å². The molecule has 1 saturated heterocycles. The van der Waals surface area contributed by atoms with Crippen LogP contribution in [0.15, 0.2) is 24.3 Å². The first-order valence-electron chi connectivity index (χ1n) is 5.87. The van der Waals surface area contributed by atoms with Crippen molar-refractivity contribution in [3.05, 3.63) is 29.8 Å². The maximum atomic E-state index is 12.0. The smallest absolute Gasteiger partial charge is 0.251 e. The van der Waals surface area contributed by atoms with Crippen LogP contribution in [0.3, 0.4) is 0 Å². The first-order chi connectivity index (χ1) is 8.54. The molecule has 1 aliphatic rings. The molecule has 0 unspecified atom stereocenters. The summed E-state index contributed by atoms with van der Waals surface area (Å²) in [6, 6.07) is 6.69. The van der Waals surface area contributed by atoms with Crippen molar-refractivity contribution < 1.29 is 13.2 Å². The Balaban J connectivity index is 2.36. The first kappa shape index (κ1) is 12.9. The number of hydrogen-bond acceptors (Lipinski definition) is 3. The number of benzene rings is 1. The number of carbonyl (C=O) groups excluding carboxylic acids is 1. The molecule has 0 atom stereocenters. The maximum Gasteiger partial charge on any atom is 0.251 e. The minimum Gasteiger partial charge on any atom is -0.355 e. The number of sulfonamides is 1. The fraction of sp³-hybridized carbons (Fsp3) is 0.417. The summed E-state index contributed by atoms with van der Waals surface area (Å²) in [5, 5.41) is 2.53. The Morgan fingerprint density at radius 2 is 2.11 bits per heavy atom. The monoisotopic (exact) mass is 268 g/mol. The summed E-state index contributed by atoms with van der Waals surface area (Å²) in [5.74, 6) is -0.0386. The second-order valence-corrected chi connectivity index (χ2v) is 6.24. The lowest BCUT2D eigenvalue weighted by atomic mass is 10.2. The van der Waals surface area contributed by atoms with Gasteiger partial charge in [-0.2, -0.15) is 0 Å². The lowest BCUT2D eigenvalue weighted by Gasteiger charge is -2.28. The summed E-state index contributed by atoms with van der Waals surface area (Å²) in [7, 11) is -1.68. The summed E-state index contributed by atoms with van der Waals surface area (Å²) in [4.78, 5) is 11.5. The molecule has 1 aromatic carbocycles. The molecule has 6 heteroatoms. The third-order valence-corrected chi connectivity index (χ3v) is 4.84. The average molecular weight is 268 g/mol.